The number of carbonyl (C=O) groups excluding carboxylic acids is 5. The van der Waals surface area contributed by atoms with E-state index in [1.165, 1.54) is 115 Å². The first-order valence-electron chi connectivity index (χ1n) is 20.6. The molecule has 33 heteroatoms. The zero-order valence-corrected chi connectivity index (χ0v) is 56.1. The number of carbonyl (C=O) groups is 5. The maximum atomic E-state index is 10.3. The SMILES string of the molecule is CC(=O)N(C)C.CC(C)=O.CC(C)=O.CCC.CCS(C)(=O)=O.CCS(C)(=O)=O.CN(C)C.CN(C)S(C)(=O)=O.CN(C)S(C)(=O)=O.CNC(C)=O.CNS(C)(=O)=O.COC(C)=O.CS(C)(=O)=O.CS(C)(=O)=O. The van der Waals surface area contributed by atoms with Gasteiger partial charge in [-0.05, 0) is 55.9 Å². The highest BCUT2D eigenvalue weighted by atomic mass is 32.2. The zero-order chi connectivity index (χ0) is 63.9. The van der Waals surface area contributed by atoms with Gasteiger partial charge in [0.05, 0.1) is 25.9 Å². The number of amides is 2. The smallest absolute Gasteiger partial charge is 0.302 e. The number of sulfone groups is 4. The molecule has 0 atom stereocenters. The summed E-state index contributed by atoms with van der Waals surface area (Å²) in [6, 6.07) is 0. The number of hydrogen-bond donors (Lipinski definition) is 2. The van der Waals surface area contributed by atoms with Crippen molar-refractivity contribution in [2.45, 2.75) is 82.6 Å². The fourth-order valence-corrected chi connectivity index (χ4v) is 0. The first kappa shape index (κ1) is 106. The van der Waals surface area contributed by atoms with E-state index < -0.39 is 69.4 Å². The van der Waals surface area contributed by atoms with Gasteiger partial charge in [0.25, 0.3) is 0 Å². The molecule has 0 rings (SSSR count). The van der Waals surface area contributed by atoms with Crippen molar-refractivity contribution in [2.75, 3.05) is 152 Å². The molecule has 456 valence electrons. The molecular formula is C40H104N6O20S7. The number of nitrogens with zero attached hydrogens (tertiary/aromatic N) is 4. The van der Waals surface area contributed by atoms with Crippen molar-refractivity contribution >= 4 is 98.8 Å². The number of hydrogen-bond acceptors (Lipinski definition) is 21. The average Bonchev–Trinajstić information content (AvgIpc) is 3.10. The molecule has 73 heavy (non-hydrogen) atoms. The largest absolute Gasteiger partial charge is 0.469 e. The third-order valence-corrected chi connectivity index (χ3v) is 9.51. The molecule has 0 saturated heterocycles. The lowest BCUT2D eigenvalue weighted by molar-refractivity contribution is -0.138. The van der Waals surface area contributed by atoms with Crippen LogP contribution in [0.1, 0.15) is 82.6 Å². The Balaban J connectivity index is -0.0000000430. The summed E-state index contributed by atoms with van der Waals surface area (Å²) in [5, 5.41) is 2.39. The number of Topliss-reactive ketones (excluding diaryl/α,β-unsaturated/α-hetero) is 2. The van der Waals surface area contributed by atoms with Crippen molar-refractivity contribution in [2.24, 2.45) is 0 Å². The van der Waals surface area contributed by atoms with E-state index in [-0.39, 0.29) is 40.9 Å². The van der Waals surface area contributed by atoms with E-state index in [4.69, 9.17) is 0 Å². The van der Waals surface area contributed by atoms with Crippen molar-refractivity contribution in [3.63, 3.8) is 0 Å². The van der Waals surface area contributed by atoms with Gasteiger partial charge in [-0.1, -0.05) is 34.1 Å². The van der Waals surface area contributed by atoms with Crippen LogP contribution in [-0.2, 0) is 98.1 Å². The van der Waals surface area contributed by atoms with Crippen molar-refractivity contribution in [1.82, 2.24) is 28.4 Å². The number of methoxy groups -OCH3 is 1. The van der Waals surface area contributed by atoms with Gasteiger partial charge >= 0.3 is 5.97 Å². The standard InChI is InChI=1S/C4H9NO.2C3H9NO2S.C3H7NO.C3H9N.2C3H8O2S.C3H6O2.2C3H6O.C3H8.C2H7NO2S.2C2H6O2S/c1-4(6)5(2)3;2*1-4(2)7(3,5)6;1-3(5)4-2;1-4(2)3;2*1-3-6(2,4)5;1-3(4)5-2;2*1-3(2)4;1-3-2;1-3-6(2,4)5;2*1-5(2,3)4/h1-3H3;2*1-3H3;1-2H3,(H,4,5);1-3H3;2*3H2,1-2H3;1-2H3;2*1-2H3;3H2,1-2H3;3H,1-2H3;2*1-2H3. The van der Waals surface area contributed by atoms with Crippen molar-refractivity contribution in [3.8, 4) is 0 Å². The molecule has 2 N–H and O–H groups in total. The molecule has 2 amide bonds. The minimum absolute atomic E-state index is 0.00463. The summed E-state index contributed by atoms with van der Waals surface area (Å²) >= 11 is 0. The average molecular weight is 1210 g/mol. The van der Waals surface area contributed by atoms with Crippen LogP contribution in [0.15, 0.2) is 0 Å². The molecular weight excluding hydrogens is 1110 g/mol. The number of esters is 1. The highest BCUT2D eigenvalue weighted by molar-refractivity contribution is 7.91. The van der Waals surface area contributed by atoms with E-state index in [9.17, 15) is 82.9 Å². The number of ether oxygens (including phenoxy) is 1. The number of ketones is 2. The lowest BCUT2D eigenvalue weighted by atomic mass is 10.6. The Kier molecular flexibility index (Phi) is 90.1. The van der Waals surface area contributed by atoms with Crippen LogP contribution in [0, 0.1) is 0 Å². The van der Waals surface area contributed by atoms with Crippen molar-refractivity contribution in [1.29, 1.82) is 0 Å². The van der Waals surface area contributed by atoms with Crippen LogP contribution in [0.3, 0.4) is 0 Å². The van der Waals surface area contributed by atoms with Gasteiger partial charge in [0.15, 0.2) is 0 Å². The van der Waals surface area contributed by atoms with Crippen LogP contribution in [0.2, 0.25) is 0 Å². The Morgan fingerprint density at radius 1 is 0.438 bits per heavy atom. The Labute approximate surface area is 447 Å². The molecule has 0 unspecified atom stereocenters. The lowest BCUT2D eigenvalue weighted by Crippen LogP contribution is -2.19. The first-order chi connectivity index (χ1) is 31.4. The molecule has 0 saturated carbocycles. The summed E-state index contributed by atoms with van der Waals surface area (Å²) < 4.78 is 148. The van der Waals surface area contributed by atoms with Crippen LogP contribution in [0.25, 0.3) is 0 Å². The molecule has 0 aromatic rings. The molecule has 26 nitrogen and oxygen atoms in total. The first-order valence-corrected chi connectivity index (χ1v) is 34.9. The van der Waals surface area contributed by atoms with E-state index in [2.05, 4.69) is 28.6 Å². The quantitative estimate of drug-likeness (QED) is 0.352. The third kappa shape index (κ3) is 455. The molecule has 0 aromatic heterocycles. The highest BCUT2D eigenvalue weighted by Gasteiger charge is 2.01. The second-order valence-electron chi connectivity index (χ2n) is 15.6. The summed E-state index contributed by atoms with van der Waals surface area (Å²) in [5.74, 6) is 0.671. The second kappa shape index (κ2) is 61.8. The summed E-state index contributed by atoms with van der Waals surface area (Å²) in [5.41, 5.74) is 0. The van der Waals surface area contributed by atoms with Crippen LogP contribution >= 0.6 is 0 Å². The fourth-order valence-electron chi connectivity index (χ4n) is 0. The van der Waals surface area contributed by atoms with Crippen molar-refractivity contribution in [3.05, 3.63) is 0 Å². The van der Waals surface area contributed by atoms with E-state index in [0.29, 0.717) is 0 Å². The van der Waals surface area contributed by atoms with Gasteiger partial charge < -0.3 is 29.4 Å². The van der Waals surface area contributed by atoms with Crippen molar-refractivity contribution < 1.29 is 87.6 Å². The molecule has 0 aliphatic rings. The maximum Gasteiger partial charge on any atom is 0.302 e. The summed E-state index contributed by atoms with van der Waals surface area (Å²) in [6.45, 7) is 18.0. The molecule has 0 aliphatic carbocycles. The third-order valence-electron chi connectivity index (χ3n) is 4.02. The molecule has 0 bridgehead atoms. The molecule has 0 aliphatic heterocycles. The minimum Gasteiger partial charge on any atom is -0.469 e. The van der Waals surface area contributed by atoms with Crippen LogP contribution in [0.5, 0.6) is 0 Å². The zero-order valence-electron chi connectivity index (χ0n) is 50.4. The van der Waals surface area contributed by atoms with Gasteiger partial charge in [0.2, 0.25) is 41.9 Å². The Morgan fingerprint density at radius 2 is 0.521 bits per heavy atom. The topological polar surface area (TPSA) is 371 Å². The van der Waals surface area contributed by atoms with Gasteiger partial charge in [-0.3, -0.25) is 14.4 Å². The fraction of sp³-hybridized carbons (Fsp3) is 0.875. The van der Waals surface area contributed by atoms with E-state index in [0.717, 1.165) is 52.4 Å². The van der Waals surface area contributed by atoms with Gasteiger partial charge in [-0.15, -0.1) is 0 Å². The molecule has 0 heterocycles. The van der Waals surface area contributed by atoms with Gasteiger partial charge in [-0.25, -0.2) is 72.3 Å². The highest BCUT2D eigenvalue weighted by Crippen LogP contribution is 1.84. The van der Waals surface area contributed by atoms with Crippen LogP contribution in [0.4, 0.5) is 0 Å². The maximum absolute atomic E-state index is 10.3. The van der Waals surface area contributed by atoms with Gasteiger partial charge in [-0.2, -0.15) is 0 Å². The predicted molar refractivity (Wildman–Crippen MR) is 303 cm³/mol. The minimum atomic E-state index is -2.91. The molecule has 0 spiro atoms. The van der Waals surface area contributed by atoms with Crippen LogP contribution in [-0.4, -0.2) is 259 Å². The number of sulfonamides is 3. The summed E-state index contributed by atoms with van der Waals surface area (Å²) in [6.07, 6.45) is 11.7. The normalized spacial score (nSPS) is 9.90. The van der Waals surface area contributed by atoms with Gasteiger partial charge in [0, 0.05) is 119 Å². The Bertz CT molecular complexity index is 1930. The summed E-state index contributed by atoms with van der Waals surface area (Å²) in [4.78, 5) is 51.8. The molecule has 0 fully saturated rings. The van der Waals surface area contributed by atoms with E-state index in [1.54, 1.807) is 35.0 Å². The van der Waals surface area contributed by atoms with Crippen LogP contribution < -0.4 is 10.0 Å². The lowest BCUT2D eigenvalue weighted by Gasteiger charge is -2.02. The Morgan fingerprint density at radius 3 is 0.521 bits per heavy atom. The van der Waals surface area contributed by atoms with E-state index >= 15 is 0 Å². The predicted octanol–water partition coefficient (Wildman–Crippen LogP) is 0.415. The summed E-state index contributed by atoms with van der Waals surface area (Å²) in [7, 11) is 0.366. The second-order valence-corrected chi connectivity index (χ2v) is 31.3. The monoisotopic (exact) mass is 1210 g/mol. The van der Waals surface area contributed by atoms with E-state index in [1.807, 2.05) is 26.0 Å². The Hall–Kier alpha value is -2.76. The van der Waals surface area contributed by atoms with Gasteiger partial charge in [0.1, 0.15) is 50.9 Å². The number of rotatable bonds is 5. The molecule has 0 radical (unpaired) electrons. The molecule has 0 aromatic carbocycles. The number of nitrogens with one attached hydrogen (secondary N) is 2.